The van der Waals surface area contributed by atoms with Gasteiger partial charge in [-0.3, -0.25) is 14.9 Å². The molecule has 1 atom stereocenters. The molecule has 2 N–H and O–H groups in total. The Hall–Kier alpha value is -3.10. The van der Waals surface area contributed by atoms with Crippen LogP contribution in [0.5, 0.6) is 0 Å². The molecule has 5 nitrogen and oxygen atoms in total. The van der Waals surface area contributed by atoms with E-state index in [1.807, 2.05) is 17.5 Å². The highest BCUT2D eigenvalue weighted by Crippen LogP contribution is 2.26. The van der Waals surface area contributed by atoms with Gasteiger partial charge in [0.2, 0.25) is 11.8 Å². The van der Waals surface area contributed by atoms with Gasteiger partial charge in [0.25, 0.3) is 0 Å². The molecule has 1 aromatic heterocycles. The number of carbonyl (C=O) groups excluding carboxylic acids is 2. The van der Waals surface area contributed by atoms with Crippen molar-refractivity contribution in [2.75, 3.05) is 25.5 Å². The van der Waals surface area contributed by atoms with Gasteiger partial charge in [0.15, 0.2) is 0 Å². The standard InChI is InChI=1S/C22H21F2N3O2S/c1-27(14-20(28)26-18-10-8-17(24)9-11-18)21(29)13-25-22(19-3-2-12-30-19)15-4-6-16(23)7-5-15/h2-12,22,25H,13-14H2,1H3,(H,26,28)/t22-/m0/s1. The second-order valence-corrected chi connectivity index (χ2v) is 7.67. The Morgan fingerprint density at radius 2 is 1.63 bits per heavy atom. The van der Waals surface area contributed by atoms with E-state index in [4.69, 9.17) is 0 Å². The number of thiophene rings is 1. The molecule has 156 valence electrons. The predicted octanol–water partition coefficient (Wildman–Crippen LogP) is 3.80. The number of hydrogen-bond acceptors (Lipinski definition) is 4. The summed E-state index contributed by atoms with van der Waals surface area (Å²) in [4.78, 5) is 26.9. The molecular formula is C22H21F2N3O2S. The Bertz CT molecular complexity index is 977. The summed E-state index contributed by atoms with van der Waals surface area (Å²) >= 11 is 1.53. The zero-order valence-corrected chi connectivity index (χ0v) is 17.1. The Morgan fingerprint density at radius 3 is 2.23 bits per heavy atom. The number of halogens is 2. The summed E-state index contributed by atoms with van der Waals surface area (Å²) in [7, 11) is 1.53. The van der Waals surface area contributed by atoms with Crippen LogP contribution in [0.25, 0.3) is 0 Å². The van der Waals surface area contributed by atoms with Gasteiger partial charge in [0.05, 0.1) is 19.1 Å². The highest BCUT2D eigenvalue weighted by atomic mass is 32.1. The molecule has 2 amide bonds. The highest BCUT2D eigenvalue weighted by Gasteiger charge is 2.19. The predicted molar refractivity (Wildman–Crippen MR) is 113 cm³/mol. The molecule has 0 radical (unpaired) electrons. The van der Waals surface area contributed by atoms with Crippen molar-refractivity contribution in [3.8, 4) is 0 Å². The highest BCUT2D eigenvalue weighted by molar-refractivity contribution is 7.10. The molecule has 1 heterocycles. The fourth-order valence-corrected chi connectivity index (χ4v) is 3.68. The van der Waals surface area contributed by atoms with Gasteiger partial charge in [0.1, 0.15) is 11.6 Å². The topological polar surface area (TPSA) is 61.4 Å². The number of hydrogen-bond donors (Lipinski definition) is 2. The lowest BCUT2D eigenvalue weighted by Crippen LogP contribution is -2.41. The van der Waals surface area contributed by atoms with Crippen molar-refractivity contribution in [1.29, 1.82) is 0 Å². The third-order valence-electron chi connectivity index (χ3n) is 4.42. The molecule has 0 aliphatic rings. The molecular weight excluding hydrogens is 408 g/mol. The van der Waals surface area contributed by atoms with E-state index in [-0.39, 0.29) is 36.8 Å². The molecule has 30 heavy (non-hydrogen) atoms. The van der Waals surface area contributed by atoms with Crippen LogP contribution in [0.15, 0.2) is 66.0 Å². The van der Waals surface area contributed by atoms with Crippen molar-refractivity contribution in [2.24, 2.45) is 0 Å². The van der Waals surface area contributed by atoms with Gasteiger partial charge in [0, 0.05) is 17.6 Å². The summed E-state index contributed by atoms with van der Waals surface area (Å²) in [6.07, 6.45) is 0. The fourth-order valence-electron chi connectivity index (χ4n) is 2.86. The normalized spacial score (nSPS) is 11.7. The average molecular weight is 429 g/mol. The molecule has 0 aliphatic heterocycles. The lowest BCUT2D eigenvalue weighted by atomic mass is 10.1. The Labute approximate surface area is 177 Å². The number of nitrogens with zero attached hydrogens (tertiary/aromatic N) is 1. The van der Waals surface area contributed by atoms with Crippen molar-refractivity contribution in [3.05, 3.63) is 88.1 Å². The van der Waals surface area contributed by atoms with Crippen molar-refractivity contribution in [1.82, 2.24) is 10.2 Å². The molecule has 0 unspecified atom stereocenters. The van der Waals surface area contributed by atoms with E-state index in [1.54, 1.807) is 12.1 Å². The number of benzene rings is 2. The fraction of sp³-hybridized carbons (Fsp3) is 0.182. The average Bonchev–Trinajstić information content (AvgIpc) is 3.25. The van der Waals surface area contributed by atoms with Gasteiger partial charge in [-0.1, -0.05) is 18.2 Å². The first kappa shape index (κ1) is 21.6. The molecule has 3 rings (SSSR count). The van der Waals surface area contributed by atoms with Crippen LogP contribution in [-0.4, -0.2) is 36.9 Å². The third-order valence-corrected chi connectivity index (χ3v) is 5.36. The second-order valence-electron chi connectivity index (χ2n) is 6.69. The number of anilines is 1. The Balaban J connectivity index is 1.57. The summed E-state index contributed by atoms with van der Waals surface area (Å²) in [6.45, 7) is -0.140. The van der Waals surface area contributed by atoms with Crippen LogP contribution in [-0.2, 0) is 9.59 Å². The van der Waals surface area contributed by atoms with Gasteiger partial charge in [-0.2, -0.15) is 0 Å². The lowest BCUT2D eigenvalue weighted by molar-refractivity contribution is -0.132. The largest absolute Gasteiger partial charge is 0.335 e. The second kappa shape index (κ2) is 10.1. The van der Waals surface area contributed by atoms with E-state index in [0.717, 1.165) is 10.4 Å². The maximum Gasteiger partial charge on any atom is 0.243 e. The van der Waals surface area contributed by atoms with Gasteiger partial charge in [-0.15, -0.1) is 11.3 Å². The zero-order chi connectivity index (χ0) is 21.5. The molecule has 0 spiro atoms. The number of rotatable bonds is 8. The number of likely N-dealkylation sites (N-methyl/N-ethyl adjacent to an activating group) is 1. The van der Waals surface area contributed by atoms with Crippen molar-refractivity contribution < 1.29 is 18.4 Å². The van der Waals surface area contributed by atoms with E-state index >= 15 is 0 Å². The van der Waals surface area contributed by atoms with E-state index in [1.165, 1.54) is 59.7 Å². The van der Waals surface area contributed by atoms with Crippen molar-refractivity contribution >= 4 is 28.8 Å². The summed E-state index contributed by atoms with van der Waals surface area (Å²) in [5.74, 6) is -1.38. The Kier molecular flexibility index (Phi) is 7.26. The van der Waals surface area contributed by atoms with Crippen LogP contribution in [0.3, 0.4) is 0 Å². The number of nitrogens with one attached hydrogen (secondary N) is 2. The summed E-state index contributed by atoms with van der Waals surface area (Å²) in [5.41, 5.74) is 1.29. The molecule has 0 aliphatic carbocycles. The number of amides is 2. The number of carbonyl (C=O) groups is 2. The molecule has 3 aromatic rings. The monoisotopic (exact) mass is 429 g/mol. The SMILES string of the molecule is CN(CC(=O)Nc1ccc(F)cc1)C(=O)CN[C@@H](c1ccc(F)cc1)c1cccs1. The lowest BCUT2D eigenvalue weighted by Gasteiger charge is -2.21. The third kappa shape index (κ3) is 5.95. The maximum atomic E-state index is 13.3. The van der Waals surface area contributed by atoms with Gasteiger partial charge in [-0.25, -0.2) is 8.78 Å². The van der Waals surface area contributed by atoms with Crippen LogP contribution in [0.2, 0.25) is 0 Å². The minimum Gasteiger partial charge on any atom is -0.335 e. The first-order chi connectivity index (χ1) is 14.4. The van der Waals surface area contributed by atoms with Gasteiger partial charge < -0.3 is 10.2 Å². The quantitative estimate of drug-likeness (QED) is 0.573. The summed E-state index contributed by atoms with van der Waals surface area (Å²) in [6, 6.07) is 15.1. The molecule has 8 heteroatoms. The van der Waals surface area contributed by atoms with E-state index < -0.39 is 5.82 Å². The molecule has 0 bridgehead atoms. The van der Waals surface area contributed by atoms with Crippen LogP contribution >= 0.6 is 11.3 Å². The van der Waals surface area contributed by atoms with Crippen molar-refractivity contribution in [3.63, 3.8) is 0 Å². The minimum atomic E-state index is -0.396. The van der Waals surface area contributed by atoms with Crippen LogP contribution in [0, 0.1) is 11.6 Å². The molecule has 2 aromatic carbocycles. The molecule has 0 saturated heterocycles. The summed E-state index contributed by atoms with van der Waals surface area (Å²) in [5, 5.41) is 7.74. The Morgan fingerprint density at radius 1 is 1.00 bits per heavy atom. The zero-order valence-electron chi connectivity index (χ0n) is 16.3. The first-order valence-electron chi connectivity index (χ1n) is 9.24. The van der Waals surface area contributed by atoms with Gasteiger partial charge >= 0.3 is 0 Å². The summed E-state index contributed by atoms with van der Waals surface area (Å²) < 4.78 is 26.2. The minimum absolute atomic E-state index is 0.000269. The molecule has 0 saturated carbocycles. The smallest absolute Gasteiger partial charge is 0.243 e. The molecule has 0 fully saturated rings. The van der Waals surface area contributed by atoms with Crippen LogP contribution in [0.1, 0.15) is 16.5 Å². The van der Waals surface area contributed by atoms with Crippen LogP contribution < -0.4 is 10.6 Å². The van der Waals surface area contributed by atoms with E-state index in [9.17, 15) is 18.4 Å². The van der Waals surface area contributed by atoms with E-state index in [0.29, 0.717) is 5.69 Å². The maximum absolute atomic E-state index is 13.3. The van der Waals surface area contributed by atoms with Crippen LogP contribution in [0.4, 0.5) is 14.5 Å². The first-order valence-corrected chi connectivity index (χ1v) is 10.1. The van der Waals surface area contributed by atoms with E-state index in [2.05, 4.69) is 10.6 Å². The van der Waals surface area contributed by atoms with Crippen molar-refractivity contribution in [2.45, 2.75) is 6.04 Å². The van der Waals surface area contributed by atoms with Gasteiger partial charge in [-0.05, 0) is 53.4 Å².